The van der Waals surface area contributed by atoms with Crippen molar-refractivity contribution in [3.05, 3.63) is 98.1 Å². The topological polar surface area (TPSA) is 70.6 Å². The number of halogens is 1. The first-order valence-electron chi connectivity index (χ1n) is 12.3. The summed E-state index contributed by atoms with van der Waals surface area (Å²) in [7, 11) is 0. The minimum absolute atomic E-state index is 0.173. The number of hydrogen-bond donors (Lipinski definition) is 0. The molecule has 0 radical (unpaired) electrons. The van der Waals surface area contributed by atoms with Crippen LogP contribution in [0.2, 0.25) is 0 Å². The largest absolute Gasteiger partial charge is 0.454 e. The van der Waals surface area contributed by atoms with Gasteiger partial charge in [0.15, 0.2) is 11.5 Å². The Kier molecular flexibility index (Phi) is 6.04. The molecule has 8 heteroatoms. The van der Waals surface area contributed by atoms with E-state index in [0.717, 1.165) is 50.1 Å². The summed E-state index contributed by atoms with van der Waals surface area (Å²) in [6.45, 7) is 5.08. The second-order valence-electron chi connectivity index (χ2n) is 9.09. The van der Waals surface area contributed by atoms with Gasteiger partial charge in [-0.05, 0) is 55.3 Å². The molecule has 1 aliphatic heterocycles. The van der Waals surface area contributed by atoms with Crippen LogP contribution in [0.4, 0.5) is 0 Å². The highest BCUT2D eigenvalue weighted by Crippen LogP contribution is 2.33. The second kappa shape index (κ2) is 9.52. The van der Waals surface area contributed by atoms with Crippen molar-refractivity contribution in [2.24, 2.45) is 5.10 Å². The highest BCUT2D eigenvalue weighted by atomic mass is 79.9. The Hall–Kier alpha value is -3.91. The van der Waals surface area contributed by atoms with Gasteiger partial charge in [0, 0.05) is 39.6 Å². The first-order valence-corrected chi connectivity index (χ1v) is 13.0. The summed E-state index contributed by atoms with van der Waals surface area (Å²) in [5.41, 5.74) is 4.75. The third-order valence-electron chi connectivity index (χ3n) is 6.71. The third kappa shape index (κ3) is 4.21. The minimum atomic E-state index is -0.173. The Morgan fingerprint density at radius 1 is 1.05 bits per heavy atom. The van der Waals surface area contributed by atoms with Gasteiger partial charge in [0.05, 0.1) is 17.1 Å². The summed E-state index contributed by atoms with van der Waals surface area (Å²) in [5, 5.41) is 6.32. The number of aryl methyl sites for hydroxylation is 1. The van der Waals surface area contributed by atoms with Crippen LogP contribution in [0.25, 0.3) is 21.8 Å². The summed E-state index contributed by atoms with van der Waals surface area (Å²) in [6.07, 6.45) is 3.31. The van der Waals surface area contributed by atoms with Crippen LogP contribution in [0, 0.1) is 6.92 Å². The molecule has 3 heterocycles. The molecule has 0 bridgehead atoms. The average Bonchev–Trinajstić information content (AvgIpc) is 3.47. The Balaban J connectivity index is 1.45. The van der Waals surface area contributed by atoms with Gasteiger partial charge in [-0.3, -0.25) is 4.79 Å². The Bertz CT molecular complexity index is 1750. The van der Waals surface area contributed by atoms with Gasteiger partial charge in [0.2, 0.25) is 6.79 Å². The van der Waals surface area contributed by atoms with Gasteiger partial charge in [0.25, 0.3) is 5.56 Å². The fourth-order valence-corrected chi connectivity index (χ4v) is 5.22. The fraction of sp³-hybridized carbons (Fsp3) is 0.207. The van der Waals surface area contributed by atoms with E-state index >= 15 is 0 Å². The van der Waals surface area contributed by atoms with Gasteiger partial charge in [-0.25, -0.2) is 4.98 Å². The van der Waals surface area contributed by atoms with E-state index in [2.05, 4.69) is 52.5 Å². The number of rotatable bonds is 6. The molecule has 5 aromatic rings. The molecule has 37 heavy (non-hydrogen) atoms. The molecule has 0 aliphatic carbocycles. The van der Waals surface area contributed by atoms with Gasteiger partial charge in [-0.15, -0.1) is 0 Å². The number of ether oxygens (including phenoxy) is 2. The highest BCUT2D eigenvalue weighted by Gasteiger charge is 2.17. The van der Waals surface area contributed by atoms with E-state index in [0.29, 0.717) is 29.7 Å². The normalized spacial score (nSPS) is 12.8. The molecule has 0 amide bonds. The smallest absolute Gasteiger partial charge is 0.282 e. The molecule has 0 saturated carbocycles. The standard InChI is InChI=1S/C29H25BrN4O3/c1-3-6-28-32-24-11-10-20(30)14-22(24)29(35)34(28)31-15-23-18(2)33(25-8-5-4-7-21(23)25)16-19-9-12-26-27(13-19)37-17-36-26/h4-5,7-15H,3,6,16-17H2,1-2H3. The van der Waals surface area contributed by atoms with E-state index < -0.39 is 0 Å². The van der Waals surface area contributed by atoms with Crippen LogP contribution < -0.4 is 15.0 Å². The van der Waals surface area contributed by atoms with E-state index in [-0.39, 0.29) is 12.4 Å². The quantitative estimate of drug-likeness (QED) is 0.239. The van der Waals surface area contributed by atoms with Crippen LogP contribution in [-0.4, -0.2) is 27.2 Å². The third-order valence-corrected chi connectivity index (χ3v) is 7.20. The van der Waals surface area contributed by atoms with Gasteiger partial charge in [-0.1, -0.05) is 47.1 Å². The Labute approximate surface area is 222 Å². The first kappa shape index (κ1) is 23.5. The van der Waals surface area contributed by atoms with Crippen molar-refractivity contribution < 1.29 is 9.47 Å². The summed E-state index contributed by atoms with van der Waals surface area (Å²) >= 11 is 3.47. The van der Waals surface area contributed by atoms with E-state index in [1.807, 2.05) is 36.4 Å². The first-order chi connectivity index (χ1) is 18.0. The summed E-state index contributed by atoms with van der Waals surface area (Å²) < 4.78 is 15.6. The molecular formula is C29H25BrN4O3. The van der Waals surface area contributed by atoms with Crippen LogP contribution in [0.1, 0.15) is 36.0 Å². The zero-order valence-electron chi connectivity index (χ0n) is 20.6. The van der Waals surface area contributed by atoms with E-state index in [1.165, 1.54) is 4.68 Å². The molecule has 7 nitrogen and oxygen atoms in total. The molecule has 1 aliphatic rings. The van der Waals surface area contributed by atoms with E-state index in [9.17, 15) is 4.79 Å². The number of nitrogens with zero attached hydrogens (tertiary/aromatic N) is 4. The molecular weight excluding hydrogens is 532 g/mol. The van der Waals surface area contributed by atoms with Gasteiger partial charge >= 0.3 is 0 Å². The van der Waals surface area contributed by atoms with Crippen LogP contribution in [0.15, 0.2) is 75.0 Å². The SMILES string of the molecule is CCCc1nc2ccc(Br)cc2c(=O)n1N=Cc1c(C)n(Cc2ccc3c(c2)OCO3)c2ccccc12. The van der Waals surface area contributed by atoms with Crippen LogP contribution >= 0.6 is 15.9 Å². The van der Waals surface area contributed by atoms with Crippen molar-refractivity contribution in [1.29, 1.82) is 0 Å². The van der Waals surface area contributed by atoms with Crippen molar-refractivity contribution in [3.63, 3.8) is 0 Å². The van der Waals surface area contributed by atoms with Crippen molar-refractivity contribution >= 4 is 44.0 Å². The van der Waals surface area contributed by atoms with Crippen molar-refractivity contribution in [1.82, 2.24) is 14.2 Å². The Morgan fingerprint density at radius 2 is 1.89 bits per heavy atom. The van der Waals surface area contributed by atoms with Crippen molar-refractivity contribution in [2.75, 3.05) is 6.79 Å². The maximum absolute atomic E-state index is 13.4. The lowest BCUT2D eigenvalue weighted by molar-refractivity contribution is 0.174. The minimum Gasteiger partial charge on any atom is -0.454 e. The molecule has 2 aromatic heterocycles. The predicted molar refractivity (Wildman–Crippen MR) is 149 cm³/mol. The summed E-state index contributed by atoms with van der Waals surface area (Å²) in [6, 6.07) is 19.9. The molecule has 0 N–H and O–H groups in total. The molecule has 3 aromatic carbocycles. The number of benzene rings is 3. The predicted octanol–water partition coefficient (Wildman–Crippen LogP) is 6.03. The number of para-hydroxylation sites is 1. The summed E-state index contributed by atoms with van der Waals surface area (Å²) in [4.78, 5) is 18.2. The zero-order valence-corrected chi connectivity index (χ0v) is 22.2. The molecule has 0 fully saturated rings. The summed E-state index contributed by atoms with van der Waals surface area (Å²) in [5.74, 6) is 2.20. The van der Waals surface area contributed by atoms with Crippen LogP contribution in [-0.2, 0) is 13.0 Å². The Morgan fingerprint density at radius 3 is 2.76 bits per heavy atom. The number of aromatic nitrogens is 3. The number of fused-ring (bicyclic) bond motifs is 3. The van der Waals surface area contributed by atoms with E-state index in [4.69, 9.17) is 19.6 Å². The molecule has 0 saturated heterocycles. The van der Waals surface area contributed by atoms with Gasteiger partial charge in [-0.2, -0.15) is 9.78 Å². The van der Waals surface area contributed by atoms with Crippen molar-refractivity contribution in [3.8, 4) is 11.5 Å². The molecule has 186 valence electrons. The van der Waals surface area contributed by atoms with E-state index in [1.54, 1.807) is 12.3 Å². The molecule has 0 spiro atoms. The molecule has 0 unspecified atom stereocenters. The second-order valence-corrected chi connectivity index (χ2v) is 10.0. The van der Waals surface area contributed by atoms with Crippen molar-refractivity contribution in [2.45, 2.75) is 33.2 Å². The van der Waals surface area contributed by atoms with Gasteiger partial charge < -0.3 is 14.0 Å². The number of hydrogen-bond acceptors (Lipinski definition) is 5. The molecule has 6 rings (SSSR count). The van der Waals surface area contributed by atoms with Crippen LogP contribution in [0.5, 0.6) is 11.5 Å². The average molecular weight is 557 g/mol. The molecule has 0 atom stereocenters. The van der Waals surface area contributed by atoms with Crippen LogP contribution in [0.3, 0.4) is 0 Å². The zero-order chi connectivity index (χ0) is 25.5. The van der Waals surface area contributed by atoms with Gasteiger partial charge in [0.1, 0.15) is 5.82 Å². The lowest BCUT2D eigenvalue weighted by Crippen LogP contribution is -2.22. The maximum atomic E-state index is 13.4. The highest BCUT2D eigenvalue weighted by molar-refractivity contribution is 9.10. The lowest BCUT2D eigenvalue weighted by Gasteiger charge is -2.10. The lowest BCUT2D eigenvalue weighted by atomic mass is 10.1. The maximum Gasteiger partial charge on any atom is 0.282 e. The fourth-order valence-electron chi connectivity index (χ4n) is 4.86. The monoisotopic (exact) mass is 556 g/mol.